The van der Waals surface area contributed by atoms with Crippen LogP contribution in [0.3, 0.4) is 0 Å². The van der Waals surface area contributed by atoms with Crippen LogP contribution < -0.4 is 0 Å². The molecule has 1 aromatic rings. The summed E-state index contributed by atoms with van der Waals surface area (Å²) in [6, 6.07) is 0.238. The number of ether oxygens (including phenoxy) is 1. The third-order valence-corrected chi connectivity index (χ3v) is 4.68. The number of aromatic nitrogens is 2. The highest BCUT2D eigenvalue weighted by atomic mass is 19.1. The van der Waals surface area contributed by atoms with E-state index in [1.54, 1.807) is 6.20 Å². The average Bonchev–Trinajstić information content (AvgIpc) is 3.09. The maximum atomic E-state index is 14.4. The summed E-state index contributed by atoms with van der Waals surface area (Å²) in [5.41, 5.74) is -0.845. The Morgan fingerprint density at radius 1 is 1.36 bits per heavy atom. The number of rotatable bonds is 3. The highest BCUT2D eigenvalue weighted by Crippen LogP contribution is 2.39. The third kappa shape index (κ3) is 2.85. The second-order valence-electron chi connectivity index (χ2n) is 6.89. The van der Waals surface area contributed by atoms with Crippen molar-refractivity contribution in [2.24, 2.45) is 0 Å². The third-order valence-electron chi connectivity index (χ3n) is 4.68. The van der Waals surface area contributed by atoms with Crippen LogP contribution in [0.15, 0.2) is 18.1 Å². The smallest absolute Gasteiger partial charge is 0.398 e. The molecule has 3 rings (SSSR count). The molecule has 0 N–H and O–H groups in total. The molecule has 120 valence electrons. The van der Waals surface area contributed by atoms with Crippen molar-refractivity contribution in [2.45, 2.75) is 51.4 Å². The maximum Gasteiger partial charge on any atom is 0.525 e. The Morgan fingerprint density at radius 2 is 2.05 bits per heavy atom. The standard InChI is InChI=1S/C15H22BFN2O3/c1-14(2)15(3,4)22-16(21-14)13(17)7-11-8-18-19(9-11)12-5-6-20-10-12/h7-9,12H,5-6,10H2,1-4H3. The van der Waals surface area contributed by atoms with Gasteiger partial charge in [0, 0.05) is 18.4 Å². The van der Waals surface area contributed by atoms with Gasteiger partial charge in [0.1, 0.15) is 5.73 Å². The molecule has 0 saturated carbocycles. The van der Waals surface area contributed by atoms with Gasteiger partial charge in [-0.05, 0) is 40.2 Å². The van der Waals surface area contributed by atoms with E-state index in [0.29, 0.717) is 12.2 Å². The number of halogens is 1. The van der Waals surface area contributed by atoms with E-state index in [1.807, 2.05) is 38.6 Å². The van der Waals surface area contributed by atoms with Gasteiger partial charge in [0.15, 0.2) is 0 Å². The number of hydrogen-bond acceptors (Lipinski definition) is 4. The normalized spacial score (nSPS) is 27.6. The van der Waals surface area contributed by atoms with Gasteiger partial charge in [-0.15, -0.1) is 0 Å². The van der Waals surface area contributed by atoms with Crippen molar-refractivity contribution in [2.75, 3.05) is 13.2 Å². The van der Waals surface area contributed by atoms with Gasteiger partial charge in [-0.1, -0.05) is 0 Å². The lowest BCUT2D eigenvalue weighted by Gasteiger charge is -2.32. The first-order valence-electron chi connectivity index (χ1n) is 7.63. The molecule has 0 aromatic carbocycles. The van der Waals surface area contributed by atoms with Gasteiger partial charge in [-0.25, -0.2) is 4.39 Å². The van der Waals surface area contributed by atoms with E-state index in [0.717, 1.165) is 13.0 Å². The van der Waals surface area contributed by atoms with Crippen molar-refractivity contribution in [3.05, 3.63) is 23.7 Å². The molecular weight excluding hydrogens is 286 g/mol. The number of nitrogens with zero attached hydrogens (tertiary/aromatic N) is 2. The average molecular weight is 308 g/mol. The summed E-state index contributed by atoms with van der Waals surface area (Å²) in [6.45, 7) is 9.01. The Balaban J connectivity index is 1.72. The fourth-order valence-electron chi connectivity index (χ4n) is 2.54. The molecule has 0 spiro atoms. The lowest BCUT2D eigenvalue weighted by molar-refractivity contribution is 0.00578. The SMILES string of the molecule is CC1(C)OB(C(F)=Cc2cnn(C3CCOC3)c2)OC1(C)C. The van der Waals surface area contributed by atoms with Crippen molar-refractivity contribution in [3.8, 4) is 0 Å². The summed E-state index contributed by atoms with van der Waals surface area (Å²) in [7, 11) is -0.969. The molecule has 0 aliphatic carbocycles. The summed E-state index contributed by atoms with van der Waals surface area (Å²) >= 11 is 0. The molecule has 7 heteroatoms. The molecule has 1 aromatic heterocycles. The van der Waals surface area contributed by atoms with Gasteiger partial charge < -0.3 is 14.0 Å². The van der Waals surface area contributed by atoms with Gasteiger partial charge in [-0.3, -0.25) is 4.68 Å². The van der Waals surface area contributed by atoms with Crippen molar-refractivity contribution < 1.29 is 18.4 Å². The molecule has 1 atom stereocenters. The summed E-state index contributed by atoms with van der Waals surface area (Å²) in [5.74, 6) is 0. The molecule has 2 aliphatic rings. The Kier molecular flexibility index (Phi) is 3.91. The van der Waals surface area contributed by atoms with Gasteiger partial charge >= 0.3 is 7.12 Å². The fraction of sp³-hybridized carbons (Fsp3) is 0.667. The quantitative estimate of drug-likeness (QED) is 0.806. The lowest BCUT2D eigenvalue weighted by Crippen LogP contribution is -2.41. The van der Waals surface area contributed by atoms with E-state index in [9.17, 15) is 4.39 Å². The second kappa shape index (κ2) is 5.47. The molecule has 0 radical (unpaired) electrons. The Bertz CT molecular complexity index is 563. The van der Waals surface area contributed by atoms with Gasteiger partial charge in [0.2, 0.25) is 0 Å². The fourth-order valence-corrected chi connectivity index (χ4v) is 2.54. The van der Waals surface area contributed by atoms with Crippen molar-refractivity contribution >= 4 is 13.2 Å². The highest BCUT2D eigenvalue weighted by molar-refractivity contribution is 6.54. The van der Waals surface area contributed by atoms with Crippen LogP contribution in [0.2, 0.25) is 0 Å². The Morgan fingerprint density at radius 3 is 2.64 bits per heavy atom. The molecule has 1 unspecified atom stereocenters. The minimum atomic E-state index is -0.969. The second-order valence-corrected chi connectivity index (χ2v) is 6.89. The lowest BCUT2D eigenvalue weighted by atomic mass is 9.87. The van der Waals surface area contributed by atoms with Crippen molar-refractivity contribution in [1.82, 2.24) is 9.78 Å². The van der Waals surface area contributed by atoms with Crippen molar-refractivity contribution in [3.63, 3.8) is 0 Å². The zero-order chi connectivity index (χ0) is 16.0. The minimum Gasteiger partial charge on any atom is -0.398 e. The molecule has 5 nitrogen and oxygen atoms in total. The first kappa shape index (κ1) is 15.7. The highest BCUT2D eigenvalue weighted by Gasteiger charge is 2.53. The predicted molar refractivity (Wildman–Crippen MR) is 81.9 cm³/mol. The van der Waals surface area contributed by atoms with E-state index < -0.39 is 24.0 Å². The molecule has 0 amide bonds. The molecule has 22 heavy (non-hydrogen) atoms. The monoisotopic (exact) mass is 308 g/mol. The van der Waals surface area contributed by atoms with E-state index in [-0.39, 0.29) is 6.04 Å². The van der Waals surface area contributed by atoms with Gasteiger partial charge in [0.25, 0.3) is 0 Å². The van der Waals surface area contributed by atoms with Crippen LogP contribution in [0.1, 0.15) is 45.7 Å². The maximum absolute atomic E-state index is 14.4. The zero-order valence-corrected chi connectivity index (χ0v) is 13.5. The molecule has 2 aliphatic heterocycles. The largest absolute Gasteiger partial charge is 0.525 e. The van der Waals surface area contributed by atoms with Crippen LogP contribution in [-0.4, -0.2) is 41.3 Å². The van der Waals surface area contributed by atoms with Gasteiger partial charge in [-0.2, -0.15) is 5.10 Å². The van der Waals surface area contributed by atoms with Crippen LogP contribution in [0.25, 0.3) is 6.08 Å². The molecule has 2 saturated heterocycles. The van der Waals surface area contributed by atoms with Crippen LogP contribution in [0, 0.1) is 0 Å². The summed E-state index contributed by atoms with van der Waals surface area (Å²) in [4.78, 5) is 0. The Hall–Kier alpha value is -1.18. The molecular formula is C15H22BFN2O3. The Labute approximate surface area is 130 Å². The molecule has 3 heterocycles. The van der Waals surface area contributed by atoms with Gasteiger partial charge in [0.05, 0.1) is 30.0 Å². The summed E-state index contributed by atoms with van der Waals surface area (Å²) in [6.07, 6.45) is 5.82. The van der Waals surface area contributed by atoms with Crippen LogP contribution >= 0.6 is 0 Å². The predicted octanol–water partition coefficient (Wildman–Crippen LogP) is 2.79. The molecule has 2 fully saturated rings. The summed E-state index contributed by atoms with van der Waals surface area (Å²) in [5, 5.41) is 4.28. The van der Waals surface area contributed by atoms with E-state index in [4.69, 9.17) is 14.0 Å². The zero-order valence-electron chi connectivity index (χ0n) is 13.5. The first-order valence-corrected chi connectivity index (χ1v) is 7.63. The topological polar surface area (TPSA) is 45.5 Å². The van der Waals surface area contributed by atoms with Crippen LogP contribution in [-0.2, 0) is 14.0 Å². The van der Waals surface area contributed by atoms with Crippen LogP contribution in [0.5, 0.6) is 0 Å². The van der Waals surface area contributed by atoms with E-state index in [1.165, 1.54) is 6.08 Å². The first-order chi connectivity index (χ1) is 10.3. The van der Waals surface area contributed by atoms with Crippen LogP contribution in [0.4, 0.5) is 4.39 Å². The number of hydrogen-bond donors (Lipinski definition) is 0. The van der Waals surface area contributed by atoms with E-state index in [2.05, 4.69) is 5.10 Å². The van der Waals surface area contributed by atoms with Crippen molar-refractivity contribution in [1.29, 1.82) is 0 Å². The minimum absolute atomic E-state index is 0.238. The molecule has 0 bridgehead atoms. The van der Waals surface area contributed by atoms with E-state index >= 15 is 0 Å². The summed E-state index contributed by atoms with van der Waals surface area (Å²) < 4.78 is 33.0.